The van der Waals surface area contributed by atoms with Crippen LogP contribution in [0.3, 0.4) is 0 Å². The number of aryl methyl sites for hydroxylation is 1. The number of aromatic nitrogens is 6. The summed E-state index contributed by atoms with van der Waals surface area (Å²) in [5.74, 6) is 0.732. The summed E-state index contributed by atoms with van der Waals surface area (Å²) >= 11 is 10.1. The Morgan fingerprint density at radius 1 is 1.15 bits per heavy atom. The quantitative estimate of drug-likeness (QED) is 0.207. The van der Waals surface area contributed by atoms with E-state index < -0.39 is 5.91 Å². The summed E-state index contributed by atoms with van der Waals surface area (Å²) in [6, 6.07) is 12.9. The Hall–Kier alpha value is -4.03. The molecule has 0 aliphatic rings. The number of fused-ring (bicyclic) bond motifs is 1. The highest BCUT2D eigenvalue weighted by Crippen LogP contribution is 2.39. The van der Waals surface area contributed by atoms with Gasteiger partial charge in [-0.1, -0.05) is 47.9 Å². The number of H-pyrrole nitrogens is 1. The van der Waals surface area contributed by atoms with Crippen molar-refractivity contribution in [3.05, 3.63) is 74.7 Å². The van der Waals surface area contributed by atoms with Crippen LogP contribution in [0, 0.1) is 0 Å². The van der Waals surface area contributed by atoms with Crippen LogP contribution in [-0.2, 0) is 13.0 Å². The summed E-state index contributed by atoms with van der Waals surface area (Å²) in [7, 11) is 0. The molecule has 0 atom stereocenters. The number of hydrogen-bond donors (Lipinski definition) is 3. The highest BCUT2D eigenvalue weighted by atomic mass is 79.9. The average molecular weight is 612 g/mol. The average Bonchev–Trinajstić information content (AvgIpc) is 3.63. The van der Waals surface area contributed by atoms with Crippen molar-refractivity contribution in [1.29, 1.82) is 0 Å². The minimum atomic E-state index is -0.393. The molecule has 0 saturated carbocycles. The summed E-state index contributed by atoms with van der Waals surface area (Å²) in [5, 5.41) is 19.6. The van der Waals surface area contributed by atoms with Gasteiger partial charge in [0.05, 0.1) is 10.0 Å². The van der Waals surface area contributed by atoms with Crippen LogP contribution in [0.5, 0.6) is 0 Å². The van der Waals surface area contributed by atoms with Crippen molar-refractivity contribution in [3.8, 4) is 11.3 Å². The molecule has 3 aromatic heterocycles. The van der Waals surface area contributed by atoms with E-state index in [4.69, 9.17) is 16.0 Å². The maximum Gasteiger partial charge on any atom is 0.271 e. The number of aromatic amines is 1. The number of imidazole rings is 1. The van der Waals surface area contributed by atoms with Crippen molar-refractivity contribution in [2.24, 2.45) is 0 Å². The van der Waals surface area contributed by atoms with Crippen LogP contribution in [0.4, 0.5) is 5.95 Å². The number of tetrazole rings is 1. The standard InChI is InChI=1S/C26H24BrClN8O3/c1-3-7-19-30-23(28)21(25(38)29-4-2)36(19)13-14-10-11-18-17(12-14)20(27)22(39-18)15-8-5-6-9-16(15)24(37)31-26-32-34-35-33-26/h5-6,8-12H,3-4,7,13H2,1-2H3,(H,29,38)(H2,31,32,33,34,35,37). The van der Waals surface area contributed by atoms with E-state index in [1.165, 1.54) is 0 Å². The Bertz CT molecular complexity index is 1660. The predicted molar refractivity (Wildman–Crippen MR) is 150 cm³/mol. The SMILES string of the molecule is CCCc1nc(Cl)c(C(=O)NCC)n1Cc1ccc2oc(-c3ccccc3C(=O)Nc3nnn[nH]3)c(Br)c2c1. The molecule has 0 bridgehead atoms. The Morgan fingerprint density at radius 3 is 2.72 bits per heavy atom. The first-order valence-corrected chi connectivity index (χ1v) is 13.5. The number of carbonyl (C=O) groups is 2. The molecule has 0 fully saturated rings. The van der Waals surface area contributed by atoms with Crippen molar-refractivity contribution >= 4 is 56.3 Å². The molecule has 3 N–H and O–H groups in total. The molecular weight excluding hydrogens is 588 g/mol. The minimum Gasteiger partial charge on any atom is -0.455 e. The van der Waals surface area contributed by atoms with Crippen LogP contribution in [0.15, 0.2) is 51.4 Å². The third-order valence-electron chi connectivity index (χ3n) is 6.06. The van der Waals surface area contributed by atoms with Gasteiger partial charge in [0.2, 0.25) is 5.95 Å². The topological polar surface area (TPSA) is 144 Å². The van der Waals surface area contributed by atoms with Gasteiger partial charge in [-0.05, 0) is 63.5 Å². The second kappa shape index (κ2) is 11.4. The van der Waals surface area contributed by atoms with Crippen LogP contribution in [0.2, 0.25) is 5.15 Å². The van der Waals surface area contributed by atoms with E-state index in [-0.39, 0.29) is 17.0 Å². The van der Waals surface area contributed by atoms with Gasteiger partial charge in [-0.15, -0.1) is 0 Å². The number of amides is 2. The molecule has 0 aliphatic heterocycles. The highest BCUT2D eigenvalue weighted by Gasteiger charge is 2.23. The molecule has 0 radical (unpaired) electrons. The first-order chi connectivity index (χ1) is 18.9. The largest absolute Gasteiger partial charge is 0.455 e. The van der Waals surface area contributed by atoms with Crippen molar-refractivity contribution in [1.82, 2.24) is 35.5 Å². The van der Waals surface area contributed by atoms with Crippen LogP contribution in [-0.4, -0.2) is 48.5 Å². The lowest BCUT2D eigenvalue weighted by molar-refractivity contribution is 0.0946. The van der Waals surface area contributed by atoms with Gasteiger partial charge in [0.1, 0.15) is 22.9 Å². The van der Waals surface area contributed by atoms with E-state index >= 15 is 0 Å². The summed E-state index contributed by atoms with van der Waals surface area (Å²) in [5.41, 5.74) is 2.89. The summed E-state index contributed by atoms with van der Waals surface area (Å²) in [4.78, 5) is 30.2. The number of halogens is 2. The monoisotopic (exact) mass is 610 g/mol. The Kier molecular flexibility index (Phi) is 7.75. The van der Waals surface area contributed by atoms with Gasteiger partial charge in [-0.25, -0.2) is 10.1 Å². The van der Waals surface area contributed by atoms with Gasteiger partial charge in [0.15, 0.2) is 5.15 Å². The van der Waals surface area contributed by atoms with Crippen molar-refractivity contribution in [2.75, 3.05) is 11.9 Å². The summed E-state index contributed by atoms with van der Waals surface area (Å²) < 4.78 is 8.76. The summed E-state index contributed by atoms with van der Waals surface area (Å²) in [6.07, 6.45) is 1.54. The van der Waals surface area contributed by atoms with Gasteiger partial charge >= 0.3 is 0 Å². The van der Waals surface area contributed by atoms with E-state index in [1.54, 1.807) is 18.2 Å². The maximum absolute atomic E-state index is 13.0. The van der Waals surface area contributed by atoms with E-state index in [9.17, 15) is 9.59 Å². The van der Waals surface area contributed by atoms with Gasteiger partial charge < -0.3 is 14.3 Å². The smallest absolute Gasteiger partial charge is 0.271 e. The molecule has 2 amide bonds. The second-order valence-electron chi connectivity index (χ2n) is 8.69. The maximum atomic E-state index is 13.0. The van der Waals surface area contributed by atoms with Crippen LogP contribution < -0.4 is 10.6 Å². The number of hydrogen-bond acceptors (Lipinski definition) is 7. The lowest BCUT2D eigenvalue weighted by Crippen LogP contribution is -2.26. The number of carbonyl (C=O) groups excluding carboxylic acids is 2. The molecule has 0 unspecified atom stereocenters. The number of rotatable bonds is 9. The number of nitrogens with one attached hydrogen (secondary N) is 3. The Balaban J connectivity index is 1.52. The van der Waals surface area contributed by atoms with Crippen molar-refractivity contribution < 1.29 is 14.0 Å². The molecule has 5 rings (SSSR count). The second-order valence-corrected chi connectivity index (χ2v) is 9.84. The molecular formula is C26H24BrClN8O3. The van der Waals surface area contributed by atoms with E-state index in [2.05, 4.69) is 59.1 Å². The van der Waals surface area contributed by atoms with Crippen molar-refractivity contribution in [2.45, 2.75) is 33.2 Å². The zero-order chi connectivity index (χ0) is 27.5. The number of furan rings is 1. The van der Waals surface area contributed by atoms with Gasteiger partial charge in [0, 0.05) is 30.5 Å². The normalized spacial score (nSPS) is 11.2. The zero-order valence-corrected chi connectivity index (χ0v) is 23.4. The van der Waals surface area contributed by atoms with Gasteiger partial charge in [-0.3, -0.25) is 14.9 Å². The molecule has 0 spiro atoms. The van der Waals surface area contributed by atoms with Crippen LogP contribution >= 0.6 is 27.5 Å². The van der Waals surface area contributed by atoms with Crippen LogP contribution in [0.25, 0.3) is 22.3 Å². The minimum absolute atomic E-state index is 0.136. The molecule has 13 heteroatoms. The third-order valence-corrected chi connectivity index (χ3v) is 7.11. The molecule has 5 aromatic rings. The fourth-order valence-electron chi connectivity index (χ4n) is 4.35. The number of nitrogens with zero attached hydrogens (tertiary/aromatic N) is 5. The first-order valence-electron chi connectivity index (χ1n) is 12.3. The van der Waals surface area contributed by atoms with E-state index in [1.807, 2.05) is 35.8 Å². The van der Waals surface area contributed by atoms with Crippen molar-refractivity contribution in [3.63, 3.8) is 0 Å². The Morgan fingerprint density at radius 2 is 1.97 bits per heavy atom. The fraction of sp³-hybridized carbons (Fsp3) is 0.231. The van der Waals surface area contributed by atoms with Gasteiger partial charge in [0.25, 0.3) is 11.8 Å². The molecule has 39 heavy (non-hydrogen) atoms. The van der Waals surface area contributed by atoms with E-state index in [0.29, 0.717) is 52.1 Å². The fourth-order valence-corrected chi connectivity index (χ4v) is 5.24. The van der Waals surface area contributed by atoms with Crippen LogP contribution in [0.1, 0.15) is 52.5 Å². The number of benzene rings is 2. The summed E-state index contributed by atoms with van der Waals surface area (Å²) in [6.45, 7) is 4.79. The molecule has 200 valence electrons. The number of anilines is 1. The lowest BCUT2D eigenvalue weighted by atomic mass is 10.0. The first kappa shape index (κ1) is 26.6. The van der Waals surface area contributed by atoms with Gasteiger partial charge in [-0.2, -0.15) is 0 Å². The predicted octanol–water partition coefficient (Wildman–Crippen LogP) is 5.23. The molecule has 2 aromatic carbocycles. The zero-order valence-electron chi connectivity index (χ0n) is 21.1. The molecule has 0 aliphatic carbocycles. The molecule has 3 heterocycles. The lowest BCUT2D eigenvalue weighted by Gasteiger charge is -2.12. The molecule has 11 nitrogen and oxygen atoms in total. The molecule has 0 saturated heterocycles. The highest BCUT2D eigenvalue weighted by molar-refractivity contribution is 9.10. The third kappa shape index (κ3) is 5.30. The Labute approximate surface area is 236 Å². The van der Waals surface area contributed by atoms with E-state index in [0.717, 1.165) is 23.2 Å².